The van der Waals surface area contributed by atoms with Crippen LogP contribution in [-0.2, 0) is 4.79 Å². The van der Waals surface area contributed by atoms with Crippen molar-refractivity contribution in [2.45, 2.75) is 19.4 Å². The highest BCUT2D eigenvalue weighted by atomic mass is 16.4. The van der Waals surface area contributed by atoms with Crippen molar-refractivity contribution < 1.29 is 14.7 Å². The Kier molecular flexibility index (Phi) is 4.74. The van der Waals surface area contributed by atoms with Gasteiger partial charge in [0.05, 0.1) is 5.92 Å². The fourth-order valence-electron chi connectivity index (χ4n) is 2.04. The number of carboxylic acid groups (broad SMARTS) is 1. The van der Waals surface area contributed by atoms with Crippen LogP contribution in [0.3, 0.4) is 0 Å². The Morgan fingerprint density at radius 1 is 1.47 bits per heavy atom. The van der Waals surface area contributed by atoms with Crippen molar-refractivity contribution in [2.24, 2.45) is 5.92 Å². The van der Waals surface area contributed by atoms with Gasteiger partial charge in [-0.25, -0.2) is 4.79 Å². The van der Waals surface area contributed by atoms with E-state index in [1.807, 2.05) is 19.0 Å². The standard InChI is InChI=1S/C11H21N3O3/c1-8-9(10(15)16)4-6-14(8)11(17)12-5-7-13(2)3/h8-9H,4-7H2,1-3H3,(H,12,17)(H,15,16). The summed E-state index contributed by atoms with van der Waals surface area (Å²) in [5.41, 5.74) is 0. The molecule has 2 amide bonds. The minimum absolute atomic E-state index is 0.164. The van der Waals surface area contributed by atoms with E-state index in [9.17, 15) is 9.59 Å². The third kappa shape index (κ3) is 3.59. The van der Waals surface area contributed by atoms with Gasteiger partial charge in [0, 0.05) is 25.7 Å². The van der Waals surface area contributed by atoms with Crippen LogP contribution in [0.1, 0.15) is 13.3 Å². The molecule has 0 aliphatic carbocycles. The van der Waals surface area contributed by atoms with Gasteiger partial charge in [0.1, 0.15) is 0 Å². The first kappa shape index (κ1) is 13.8. The summed E-state index contributed by atoms with van der Waals surface area (Å²) in [5, 5.41) is 11.8. The molecule has 6 heteroatoms. The summed E-state index contributed by atoms with van der Waals surface area (Å²) in [4.78, 5) is 26.3. The molecule has 1 fully saturated rings. The van der Waals surface area contributed by atoms with Gasteiger partial charge in [0.15, 0.2) is 0 Å². The number of carbonyl (C=O) groups excluding carboxylic acids is 1. The molecule has 0 aromatic rings. The minimum Gasteiger partial charge on any atom is -0.481 e. The summed E-state index contributed by atoms with van der Waals surface area (Å²) < 4.78 is 0. The predicted molar refractivity (Wildman–Crippen MR) is 63.9 cm³/mol. The van der Waals surface area contributed by atoms with Crippen molar-refractivity contribution in [3.8, 4) is 0 Å². The third-order valence-electron chi connectivity index (χ3n) is 3.17. The second-order valence-corrected chi connectivity index (χ2v) is 4.70. The SMILES string of the molecule is CC1C(C(=O)O)CCN1C(=O)NCCN(C)C. The molecule has 1 rings (SSSR count). The van der Waals surface area contributed by atoms with Gasteiger partial charge in [-0.3, -0.25) is 4.79 Å². The molecular weight excluding hydrogens is 222 g/mol. The molecule has 1 aliphatic heterocycles. The number of hydrogen-bond acceptors (Lipinski definition) is 3. The van der Waals surface area contributed by atoms with E-state index in [1.54, 1.807) is 11.8 Å². The highest BCUT2D eigenvalue weighted by Crippen LogP contribution is 2.23. The molecule has 0 radical (unpaired) electrons. The summed E-state index contributed by atoms with van der Waals surface area (Å²) in [6.45, 7) is 3.66. The summed E-state index contributed by atoms with van der Waals surface area (Å²) in [6.07, 6.45) is 0.539. The largest absolute Gasteiger partial charge is 0.481 e. The number of urea groups is 1. The number of carboxylic acids is 1. The molecule has 0 bridgehead atoms. The van der Waals surface area contributed by atoms with Crippen molar-refractivity contribution in [1.29, 1.82) is 0 Å². The number of carbonyl (C=O) groups is 2. The average Bonchev–Trinajstić information content (AvgIpc) is 2.59. The van der Waals surface area contributed by atoms with E-state index >= 15 is 0 Å². The summed E-state index contributed by atoms with van der Waals surface area (Å²) in [6, 6.07) is -0.394. The second-order valence-electron chi connectivity index (χ2n) is 4.70. The van der Waals surface area contributed by atoms with Crippen molar-refractivity contribution in [3.63, 3.8) is 0 Å². The molecule has 1 aliphatic rings. The molecule has 17 heavy (non-hydrogen) atoms. The normalized spacial score (nSPS) is 24.1. The van der Waals surface area contributed by atoms with Crippen LogP contribution in [0.5, 0.6) is 0 Å². The smallest absolute Gasteiger partial charge is 0.317 e. The molecule has 2 N–H and O–H groups in total. The van der Waals surface area contributed by atoms with Crippen LogP contribution in [0.4, 0.5) is 4.79 Å². The zero-order valence-electron chi connectivity index (χ0n) is 10.6. The zero-order valence-corrected chi connectivity index (χ0v) is 10.6. The fraction of sp³-hybridized carbons (Fsp3) is 0.818. The quantitative estimate of drug-likeness (QED) is 0.732. The van der Waals surface area contributed by atoms with Crippen LogP contribution in [-0.4, -0.2) is 66.7 Å². The van der Waals surface area contributed by atoms with Crippen LogP contribution in [0.15, 0.2) is 0 Å². The molecule has 2 atom stereocenters. The van der Waals surface area contributed by atoms with Gasteiger partial charge >= 0.3 is 12.0 Å². The molecular formula is C11H21N3O3. The maximum absolute atomic E-state index is 11.8. The van der Waals surface area contributed by atoms with Gasteiger partial charge in [-0.15, -0.1) is 0 Å². The third-order valence-corrected chi connectivity index (χ3v) is 3.17. The lowest BCUT2D eigenvalue weighted by atomic mass is 10.0. The van der Waals surface area contributed by atoms with Gasteiger partial charge in [0.25, 0.3) is 0 Å². The fourth-order valence-corrected chi connectivity index (χ4v) is 2.04. The monoisotopic (exact) mass is 243 g/mol. The first-order chi connectivity index (χ1) is 7.93. The first-order valence-corrected chi connectivity index (χ1v) is 5.85. The minimum atomic E-state index is -0.818. The van der Waals surface area contributed by atoms with Crippen LogP contribution in [0, 0.1) is 5.92 Å². The number of nitrogens with zero attached hydrogens (tertiary/aromatic N) is 2. The molecule has 1 heterocycles. The van der Waals surface area contributed by atoms with E-state index in [1.165, 1.54) is 0 Å². The molecule has 0 aromatic heterocycles. The molecule has 0 saturated carbocycles. The molecule has 1 saturated heterocycles. The Morgan fingerprint density at radius 3 is 2.59 bits per heavy atom. The Hall–Kier alpha value is -1.30. The number of rotatable bonds is 4. The van der Waals surface area contributed by atoms with E-state index in [4.69, 9.17) is 5.11 Å². The average molecular weight is 243 g/mol. The lowest BCUT2D eigenvalue weighted by Gasteiger charge is -2.24. The van der Waals surface area contributed by atoms with Gasteiger partial charge in [-0.05, 0) is 27.4 Å². The molecule has 98 valence electrons. The van der Waals surface area contributed by atoms with Crippen molar-refractivity contribution in [1.82, 2.24) is 15.1 Å². The highest BCUT2D eigenvalue weighted by Gasteiger charge is 2.37. The van der Waals surface area contributed by atoms with E-state index in [-0.39, 0.29) is 12.1 Å². The number of amides is 2. The predicted octanol–water partition coefficient (Wildman–Crippen LogP) is 0.0526. The summed E-state index contributed by atoms with van der Waals surface area (Å²) in [5.74, 6) is -1.25. The van der Waals surface area contributed by atoms with E-state index < -0.39 is 11.9 Å². The van der Waals surface area contributed by atoms with Crippen molar-refractivity contribution >= 4 is 12.0 Å². The van der Waals surface area contributed by atoms with E-state index in [2.05, 4.69) is 5.32 Å². The lowest BCUT2D eigenvalue weighted by Crippen LogP contribution is -2.45. The number of aliphatic carboxylic acids is 1. The molecule has 0 spiro atoms. The number of nitrogens with one attached hydrogen (secondary N) is 1. The molecule has 2 unspecified atom stereocenters. The van der Waals surface area contributed by atoms with Crippen LogP contribution < -0.4 is 5.32 Å². The molecule has 0 aromatic carbocycles. The van der Waals surface area contributed by atoms with Gasteiger partial charge in [-0.2, -0.15) is 0 Å². The van der Waals surface area contributed by atoms with E-state index in [0.717, 1.165) is 6.54 Å². The van der Waals surface area contributed by atoms with Crippen LogP contribution >= 0.6 is 0 Å². The number of likely N-dealkylation sites (N-methyl/N-ethyl adjacent to an activating group) is 1. The van der Waals surface area contributed by atoms with Crippen LogP contribution in [0.2, 0.25) is 0 Å². The number of likely N-dealkylation sites (tertiary alicyclic amines) is 1. The van der Waals surface area contributed by atoms with Crippen molar-refractivity contribution in [2.75, 3.05) is 33.7 Å². The lowest BCUT2D eigenvalue weighted by molar-refractivity contribution is -0.142. The zero-order chi connectivity index (χ0) is 13.0. The van der Waals surface area contributed by atoms with Crippen LogP contribution in [0.25, 0.3) is 0 Å². The highest BCUT2D eigenvalue weighted by molar-refractivity contribution is 5.78. The second kappa shape index (κ2) is 5.86. The Labute approximate surface area is 102 Å². The van der Waals surface area contributed by atoms with E-state index in [0.29, 0.717) is 19.5 Å². The Bertz CT molecular complexity index is 294. The van der Waals surface area contributed by atoms with Gasteiger partial charge in [-0.1, -0.05) is 0 Å². The topological polar surface area (TPSA) is 72.9 Å². The van der Waals surface area contributed by atoms with Crippen molar-refractivity contribution in [3.05, 3.63) is 0 Å². The molecule has 6 nitrogen and oxygen atoms in total. The van der Waals surface area contributed by atoms with Gasteiger partial charge < -0.3 is 20.2 Å². The Morgan fingerprint density at radius 2 is 2.12 bits per heavy atom. The summed E-state index contributed by atoms with van der Waals surface area (Å²) >= 11 is 0. The summed E-state index contributed by atoms with van der Waals surface area (Å²) in [7, 11) is 3.87. The Balaban J connectivity index is 2.41. The van der Waals surface area contributed by atoms with Gasteiger partial charge in [0.2, 0.25) is 0 Å². The first-order valence-electron chi connectivity index (χ1n) is 5.85. The maximum Gasteiger partial charge on any atom is 0.317 e. The maximum atomic E-state index is 11.8. The number of hydrogen-bond donors (Lipinski definition) is 2.